The first-order valence-corrected chi connectivity index (χ1v) is 14.8. The van der Waals surface area contributed by atoms with Gasteiger partial charge in [-0.15, -0.1) is 0 Å². The van der Waals surface area contributed by atoms with Crippen LogP contribution in [0.2, 0.25) is 5.02 Å². The van der Waals surface area contributed by atoms with Crippen LogP contribution in [0, 0.1) is 0 Å². The van der Waals surface area contributed by atoms with Crippen molar-refractivity contribution in [3.8, 4) is 17.2 Å². The molecule has 0 aliphatic carbocycles. The van der Waals surface area contributed by atoms with Crippen molar-refractivity contribution in [3.05, 3.63) is 76.6 Å². The number of halogens is 1. The van der Waals surface area contributed by atoms with E-state index in [-0.39, 0.29) is 57.4 Å². The Morgan fingerprint density at radius 1 is 1.09 bits per heavy atom. The van der Waals surface area contributed by atoms with E-state index in [4.69, 9.17) is 30.5 Å². The molecule has 12 heteroatoms. The number of carbonyl (C=O) groups is 3. The maximum atomic E-state index is 13.2. The molecule has 3 atom stereocenters. The Bertz CT molecular complexity index is 1520. The quantitative estimate of drug-likeness (QED) is 0.339. The van der Waals surface area contributed by atoms with E-state index in [0.717, 1.165) is 22.5 Å². The normalized spacial score (nSPS) is 18.6. The molecule has 0 saturated carbocycles. The van der Waals surface area contributed by atoms with Crippen LogP contribution in [0.3, 0.4) is 0 Å². The van der Waals surface area contributed by atoms with Crippen molar-refractivity contribution in [1.82, 2.24) is 14.4 Å². The van der Waals surface area contributed by atoms with Crippen LogP contribution in [-0.4, -0.2) is 90.4 Å². The molecule has 3 heterocycles. The zero-order valence-electron chi connectivity index (χ0n) is 24.9. The number of aliphatic hydroxyl groups excluding tert-OH is 1. The van der Waals surface area contributed by atoms with Crippen molar-refractivity contribution in [2.45, 2.75) is 38.1 Å². The molecule has 2 aliphatic rings. The van der Waals surface area contributed by atoms with E-state index in [1.54, 1.807) is 27.2 Å². The lowest BCUT2D eigenvalue weighted by Crippen LogP contribution is -2.53. The van der Waals surface area contributed by atoms with Crippen LogP contribution in [0.25, 0.3) is 5.69 Å². The van der Waals surface area contributed by atoms with Crippen LogP contribution in [0.5, 0.6) is 11.5 Å². The summed E-state index contributed by atoms with van der Waals surface area (Å²) in [5.41, 5.74) is 3.17. The van der Waals surface area contributed by atoms with Gasteiger partial charge in [-0.05, 0) is 43.3 Å². The van der Waals surface area contributed by atoms with Gasteiger partial charge in [-0.3, -0.25) is 14.4 Å². The minimum atomic E-state index is -1.07. The molecule has 2 aromatic carbocycles. The standard InChI is InChI=1S/C32H36ClN3O8/c1-4-43-30(40)19-35-14-13-34(18-29(35)39)28(38)17-21(37)16-27-25-8-6-12-36(25)24-11-10-20(33)15-23(24)31(44-27)22-7-5-9-26(41-2)32(22)42-3/h5-12,15,21,27,31,37H,4,13-14,16-19H2,1-3H3/t21?,27-,31-/m1/s1. The second-order valence-electron chi connectivity index (χ2n) is 10.6. The second kappa shape index (κ2) is 13.7. The van der Waals surface area contributed by atoms with Crippen LogP contribution in [0.4, 0.5) is 0 Å². The highest BCUT2D eigenvalue weighted by Crippen LogP contribution is 2.46. The van der Waals surface area contributed by atoms with Gasteiger partial charge >= 0.3 is 5.97 Å². The van der Waals surface area contributed by atoms with Gasteiger partial charge in [0.1, 0.15) is 18.8 Å². The Kier molecular flexibility index (Phi) is 9.77. The number of fused-ring (bicyclic) bond motifs is 3. The summed E-state index contributed by atoms with van der Waals surface area (Å²) >= 11 is 6.47. The molecule has 1 fully saturated rings. The number of amides is 2. The molecule has 1 saturated heterocycles. The number of benzene rings is 2. The van der Waals surface area contributed by atoms with Crippen molar-refractivity contribution < 1.29 is 38.4 Å². The third-order valence-electron chi connectivity index (χ3n) is 7.85. The fraction of sp³-hybridized carbons (Fsp3) is 0.406. The van der Waals surface area contributed by atoms with E-state index >= 15 is 0 Å². The number of hydrogen-bond acceptors (Lipinski definition) is 8. The third kappa shape index (κ3) is 6.54. The summed E-state index contributed by atoms with van der Waals surface area (Å²) in [4.78, 5) is 40.4. The fourth-order valence-electron chi connectivity index (χ4n) is 5.79. The summed E-state index contributed by atoms with van der Waals surface area (Å²) in [5, 5.41) is 11.7. The molecule has 234 valence electrons. The molecule has 1 aromatic heterocycles. The number of methoxy groups -OCH3 is 2. The monoisotopic (exact) mass is 625 g/mol. The molecule has 0 radical (unpaired) electrons. The van der Waals surface area contributed by atoms with Gasteiger partial charge < -0.3 is 38.4 Å². The second-order valence-corrected chi connectivity index (χ2v) is 11.1. The van der Waals surface area contributed by atoms with Crippen molar-refractivity contribution in [2.75, 3.05) is 47.0 Å². The predicted octanol–water partition coefficient (Wildman–Crippen LogP) is 3.68. The molecule has 2 aliphatic heterocycles. The van der Waals surface area contributed by atoms with Gasteiger partial charge in [0, 0.05) is 41.9 Å². The maximum Gasteiger partial charge on any atom is 0.325 e. The Morgan fingerprint density at radius 2 is 1.91 bits per heavy atom. The summed E-state index contributed by atoms with van der Waals surface area (Å²) in [5.74, 6) is -0.132. The van der Waals surface area contributed by atoms with Crippen molar-refractivity contribution in [1.29, 1.82) is 0 Å². The van der Waals surface area contributed by atoms with E-state index < -0.39 is 24.3 Å². The van der Waals surface area contributed by atoms with Crippen LogP contribution in [-0.2, 0) is 23.9 Å². The number of rotatable bonds is 10. The molecule has 11 nitrogen and oxygen atoms in total. The summed E-state index contributed by atoms with van der Waals surface area (Å²) in [6.45, 7) is 2.08. The van der Waals surface area contributed by atoms with E-state index in [1.165, 1.54) is 9.80 Å². The van der Waals surface area contributed by atoms with Crippen LogP contribution in [0.1, 0.15) is 48.8 Å². The zero-order chi connectivity index (χ0) is 31.4. The number of nitrogens with zero attached hydrogens (tertiary/aromatic N) is 3. The Morgan fingerprint density at radius 3 is 2.64 bits per heavy atom. The Hall–Kier alpha value is -4.06. The summed E-state index contributed by atoms with van der Waals surface area (Å²) in [7, 11) is 3.13. The lowest BCUT2D eigenvalue weighted by molar-refractivity contribution is -0.153. The summed E-state index contributed by atoms with van der Waals surface area (Å²) in [6.07, 6.45) is -0.507. The maximum absolute atomic E-state index is 13.2. The zero-order valence-corrected chi connectivity index (χ0v) is 25.7. The van der Waals surface area contributed by atoms with Crippen LogP contribution in [0.15, 0.2) is 54.7 Å². The number of aliphatic hydroxyl groups is 1. The van der Waals surface area contributed by atoms with Crippen molar-refractivity contribution in [2.24, 2.45) is 0 Å². The highest BCUT2D eigenvalue weighted by atomic mass is 35.5. The lowest BCUT2D eigenvalue weighted by atomic mass is 9.98. The van der Waals surface area contributed by atoms with E-state index in [9.17, 15) is 19.5 Å². The van der Waals surface area contributed by atoms with E-state index in [1.807, 2.05) is 53.2 Å². The van der Waals surface area contributed by atoms with Gasteiger partial charge in [0.2, 0.25) is 11.8 Å². The van der Waals surface area contributed by atoms with Gasteiger partial charge in [-0.25, -0.2) is 0 Å². The van der Waals surface area contributed by atoms with Crippen LogP contribution < -0.4 is 9.47 Å². The smallest absolute Gasteiger partial charge is 0.325 e. The first-order chi connectivity index (χ1) is 21.2. The van der Waals surface area contributed by atoms with Gasteiger partial charge in [0.15, 0.2) is 11.5 Å². The van der Waals surface area contributed by atoms with Crippen molar-refractivity contribution in [3.63, 3.8) is 0 Å². The van der Waals surface area contributed by atoms with E-state index in [2.05, 4.69) is 0 Å². The largest absolute Gasteiger partial charge is 0.493 e. The van der Waals surface area contributed by atoms with Gasteiger partial charge in [-0.1, -0.05) is 23.7 Å². The number of aromatic nitrogens is 1. The predicted molar refractivity (Wildman–Crippen MR) is 161 cm³/mol. The lowest BCUT2D eigenvalue weighted by Gasteiger charge is -2.34. The molecule has 1 unspecified atom stereocenters. The molecule has 1 N–H and O–H groups in total. The van der Waals surface area contributed by atoms with E-state index in [0.29, 0.717) is 16.5 Å². The average molecular weight is 626 g/mol. The molecule has 44 heavy (non-hydrogen) atoms. The number of ether oxygens (including phenoxy) is 4. The van der Waals surface area contributed by atoms with Gasteiger partial charge in [-0.2, -0.15) is 0 Å². The molecular formula is C32H36ClN3O8. The average Bonchev–Trinajstić information content (AvgIpc) is 3.45. The third-order valence-corrected chi connectivity index (χ3v) is 8.09. The first-order valence-electron chi connectivity index (χ1n) is 14.5. The number of esters is 1. The molecule has 3 aromatic rings. The molecule has 2 amide bonds. The van der Waals surface area contributed by atoms with Gasteiger partial charge in [0.25, 0.3) is 0 Å². The number of piperazine rings is 1. The summed E-state index contributed by atoms with van der Waals surface area (Å²) < 4.78 is 25.0. The summed E-state index contributed by atoms with van der Waals surface area (Å²) in [6, 6.07) is 15.0. The first kappa shape index (κ1) is 31.4. The highest BCUT2D eigenvalue weighted by Gasteiger charge is 2.35. The number of carbonyl (C=O) groups excluding carboxylic acids is 3. The fourth-order valence-corrected chi connectivity index (χ4v) is 5.97. The van der Waals surface area contributed by atoms with Crippen molar-refractivity contribution >= 4 is 29.4 Å². The molecule has 5 rings (SSSR count). The Labute approximate surface area is 260 Å². The molecule has 0 bridgehead atoms. The SMILES string of the molecule is CCOC(=O)CN1CCN(C(=O)CC(O)C[C@H]2O[C@H](c3cccc(OC)c3OC)c3cc(Cl)ccc3-n3cccc32)CC1=O. The van der Waals surface area contributed by atoms with Gasteiger partial charge in [0.05, 0.1) is 51.3 Å². The number of para-hydroxylation sites is 1. The minimum absolute atomic E-state index is 0.108. The minimum Gasteiger partial charge on any atom is -0.493 e. The molecule has 0 spiro atoms. The highest BCUT2D eigenvalue weighted by molar-refractivity contribution is 6.30. The molecular weight excluding hydrogens is 590 g/mol. The Balaban J connectivity index is 1.36. The topological polar surface area (TPSA) is 120 Å². The van der Waals surface area contributed by atoms with Crippen LogP contribution >= 0.6 is 11.6 Å². The number of hydrogen-bond donors (Lipinski definition) is 1.